The van der Waals surface area contributed by atoms with Gasteiger partial charge in [0, 0.05) is 19.3 Å². The van der Waals surface area contributed by atoms with Crippen molar-refractivity contribution in [3.05, 3.63) is 97.2 Å². The molecule has 0 radical (unpaired) electrons. The zero-order valence-corrected chi connectivity index (χ0v) is 38.7. The number of unbranched alkanes of at least 4 members (excludes halogenated alkanes) is 15. The third kappa shape index (κ3) is 45.4. The monoisotopic (exact) mass is 833 g/mol. The molecule has 0 amide bonds. The molecule has 0 saturated carbocycles. The van der Waals surface area contributed by atoms with Crippen molar-refractivity contribution in [2.24, 2.45) is 0 Å². The Bertz CT molecular complexity index is 1230. The minimum absolute atomic E-state index is 0.114. The van der Waals surface area contributed by atoms with E-state index in [0.29, 0.717) is 19.3 Å². The molecule has 0 N–H and O–H groups in total. The summed E-state index contributed by atoms with van der Waals surface area (Å²) in [4.78, 5) is 37.8. The summed E-state index contributed by atoms with van der Waals surface area (Å²) in [7, 11) is 0. The lowest BCUT2D eigenvalue weighted by Gasteiger charge is -2.18. The van der Waals surface area contributed by atoms with E-state index in [4.69, 9.17) is 14.2 Å². The second-order valence-corrected chi connectivity index (χ2v) is 15.6. The summed E-state index contributed by atoms with van der Waals surface area (Å²) in [6.45, 7) is 6.34. The Labute approximate surface area is 368 Å². The number of allylic oxidation sites excluding steroid dienone is 16. The van der Waals surface area contributed by atoms with Crippen LogP contribution in [0.5, 0.6) is 0 Å². The van der Waals surface area contributed by atoms with Crippen LogP contribution in [0.1, 0.15) is 207 Å². The molecule has 0 rings (SSSR count). The van der Waals surface area contributed by atoms with Gasteiger partial charge in [0.1, 0.15) is 13.2 Å². The lowest BCUT2D eigenvalue weighted by Crippen LogP contribution is -2.30. The number of hydrogen-bond donors (Lipinski definition) is 0. The average Bonchev–Trinajstić information content (AvgIpc) is 3.24. The molecule has 0 fully saturated rings. The first-order valence-corrected chi connectivity index (χ1v) is 24.2. The number of hydrogen-bond acceptors (Lipinski definition) is 6. The smallest absolute Gasteiger partial charge is 0.306 e. The fourth-order valence-electron chi connectivity index (χ4n) is 6.15. The van der Waals surface area contributed by atoms with Gasteiger partial charge in [0.2, 0.25) is 0 Å². The van der Waals surface area contributed by atoms with E-state index in [1.165, 1.54) is 44.9 Å². The molecule has 6 heteroatoms. The van der Waals surface area contributed by atoms with Gasteiger partial charge in [0.25, 0.3) is 0 Å². The van der Waals surface area contributed by atoms with Crippen LogP contribution in [-0.2, 0) is 28.6 Å². The summed E-state index contributed by atoms with van der Waals surface area (Å²) in [6.07, 6.45) is 62.5. The Morgan fingerprint density at radius 1 is 0.350 bits per heavy atom. The van der Waals surface area contributed by atoms with Crippen LogP contribution in [0.4, 0.5) is 0 Å². The van der Waals surface area contributed by atoms with E-state index in [9.17, 15) is 14.4 Å². The second kappa shape index (κ2) is 48.0. The highest BCUT2D eigenvalue weighted by Crippen LogP contribution is 2.12. The van der Waals surface area contributed by atoms with Crippen LogP contribution in [0.2, 0.25) is 0 Å². The van der Waals surface area contributed by atoms with Gasteiger partial charge in [-0.15, -0.1) is 0 Å². The first-order chi connectivity index (χ1) is 29.5. The van der Waals surface area contributed by atoms with E-state index < -0.39 is 6.10 Å². The van der Waals surface area contributed by atoms with E-state index >= 15 is 0 Å². The van der Waals surface area contributed by atoms with Crippen LogP contribution >= 0.6 is 0 Å². The van der Waals surface area contributed by atoms with E-state index in [2.05, 4.69) is 106 Å². The maximum atomic E-state index is 12.8. The molecule has 0 heterocycles. The van der Waals surface area contributed by atoms with Gasteiger partial charge in [-0.05, 0) is 103 Å². The topological polar surface area (TPSA) is 78.9 Å². The largest absolute Gasteiger partial charge is 0.462 e. The van der Waals surface area contributed by atoms with Crippen molar-refractivity contribution in [3.8, 4) is 0 Å². The Morgan fingerprint density at radius 3 is 1.17 bits per heavy atom. The molecule has 0 aliphatic rings. The number of esters is 3. The van der Waals surface area contributed by atoms with Crippen molar-refractivity contribution in [1.29, 1.82) is 0 Å². The molecular formula is C54H88O6. The Kier molecular flexibility index (Phi) is 45.1. The fraction of sp³-hybridized carbons (Fsp3) is 0.648. The highest BCUT2D eigenvalue weighted by molar-refractivity contribution is 5.71. The number of ether oxygens (including phenoxy) is 3. The van der Waals surface area contributed by atoms with Gasteiger partial charge in [-0.3, -0.25) is 14.4 Å². The van der Waals surface area contributed by atoms with Crippen molar-refractivity contribution in [3.63, 3.8) is 0 Å². The lowest BCUT2D eigenvalue weighted by molar-refractivity contribution is -0.166. The fourth-order valence-corrected chi connectivity index (χ4v) is 6.15. The quantitative estimate of drug-likeness (QED) is 0.0264. The first kappa shape index (κ1) is 56.3. The summed E-state index contributed by atoms with van der Waals surface area (Å²) in [6, 6.07) is 0. The summed E-state index contributed by atoms with van der Waals surface area (Å²) in [5.41, 5.74) is 0. The minimum Gasteiger partial charge on any atom is -0.462 e. The van der Waals surface area contributed by atoms with Gasteiger partial charge in [0.05, 0.1) is 0 Å². The maximum absolute atomic E-state index is 12.8. The van der Waals surface area contributed by atoms with Crippen LogP contribution in [0, 0.1) is 0 Å². The van der Waals surface area contributed by atoms with Crippen LogP contribution in [0.25, 0.3) is 0 Å². The highest BCUT2D eigenvalue weighted by atomic mass is 16.6. The summed E-state index contributed by atoms with van der Waals surface area (Å²) in [5, 5.41) is 0. The summed E-state index contributed by atoms with van der Waals surface area (Å²) in [5.74, 6) is -1.03. The van der Waals surface area contributed by atoms with E-state index in [0.717, 1.165) is 116 Å². The third-order valence-corrected chi connectivity index (χ3v) is 9.81. The molecule has 340 valence electrons. The maximum Gasteiger partial charge on any atom is 0.306 e. The van der Waals surface area contributed by atoms with Gasteiger partial charge in [0.15, 0.2) is 6.10 Å². The van der Waals surface area contributed by atoms with Gasteiger partial charge >= 0.3 is 17.9 Å². The molecule has 1 unspecified atom stereocenters. The molecule has 0 bridgehead atoms. The third-order valence-electron chi connectivity index (χ3n) is 9.81. The molecule has 0 aromatic heterocycles. The molecule has 0 aliphatic carbocycles. The molecule has 1 atom stereocenters. The van der Waals surface area contributed by atoms with Crippen molar-refractivity contribution in [2.45, 2.75) is 213 Å². The molecule has 0 aliphatic heterocycles. The van der Waals surface area contributed by atoms with Gasteiger partial charge < -0.3 is 14.2 Å². The molecular weight excluding hydrogens is 745 g/mol. The normalized spacial score (nSPS) is 12.9. The Hall–Kier alpha value is -3.67. The number of carbonyl (C=O) groups excluding carboxylic acids is 3. The number of carbonyl (C=O) groups is 3. The summed E-state index contributed by atoms with van der Waals surface area (Å²) < 4.78 is 16.7. The molecule has 6 nitrogen and oxygen atoms in total. The molecule has 0 spiro atoms. The van der Waals surface area contributed by atoms with Crippen molar-refractivity contribution < 1.29 is 28.6 Å². The predicted octanol–water partition coefficient (Wildman–Crippen LogP) is 15.8. The zero-order chi connectivity index (χ0) is 43.7. The molecule has 0 aromatic carbocycles. The average molecular weight is 833 g/mol. The van der Waals surface area contributed by atoms with Gasteiger partial charge in [-0.2, -0.15) is 0 Å². The minimum atomic E-state index is -0.819. The van der Waals surface area contributed by atoms with Crippen LogP contribution < -0.4 is 0 Å². The van der Waals surface area contributed by atoms with E-state index in [-0.39, 0.29) is 37.5 Å². The number of rotatable bonds is 42. The van der Waals surface area contributed by atoms with Crippen LogP contribution in [-0.4, -0.2) is 37.2 Å². The zero-order valence-electron chi connectivity index (χ0n) is 38.7. The SMILES string of the molecule is CC/C=C\C/C=C\C/C=C\C/C=C\CCC(=O)OCC(COC(=O)CCCCCCC/C=C\C/C=C\CCCCC)OC(=O)CCCCCCC/C=C\C/C=C\CCCC. The standard InChI is InChI=1S/C54H88O6/c1-4-7-10-13-16-19-22-25-27-30-32-35-38-41-44-47-53(56)59-50-51(49-58-52(55)46-43-40-37-34-31-28-24-21-18-15-12-9-6-3)60-54(57)48-45-42-39-36-33-29-26-23-20-17-14-11-8-5-2/h9,12,14,16-19,21,23,25-28,31,37,40,51H,4-8,10-11,13,15,20,22,24,29-30,32-36,38-39,41-50H2,1-3H3/b12-9-,17-14-,19-16-,21-18-,26-23-,27-25-,31-28-,40-37-. The van der Waals surface area contributed by atoms with Gasteiger partial charge in [-0.1, -0.05) is 182 Å². The molecule has 0 aromatic rings. The molecule has 0 saturated heterocycles. The Balaban J connectivity index is 4.54. The second-order valence-electron chi connectivity index (χ2n) is 15.6. The van der Waals surface area contributed by atoms with Crippen molar-refractivity contribution in [2.75, 3.05) is 13.2 Å². The van der Waals surface area contributed by atoms with E-state index in [1.807, 2.05) is 12.2 Å². The molecule has 60 heavy (non-hydrogen) atoms. The highest BCUT2D eigenvalue weighted by Gasteiger charge is 2.19. The van der Waals surface area contributed by atoms with Gasteiger partial charge in [-0.25, -0.2) is 0 Å². The Morgan fingerprint density at radius 2 is 0.700 bits per heavy atom. The predicted molar refractivity (Wildman–Crippen MR) is 256 cm³/mol. The van der Waals surface area contributed by atoms with Crippen molar-refractivity contribution in [1.82, 2.24) is 0 Å². The lowest BCUT2D eigenvalue weighted by atomic mass is 10.1. The summed E-state index contributed by atoms with van der Waals surface area (Å²) >= 11 is 0. The van der Waals surface area contributed by atoms with Crippen LogP contribution in [0.15, 0.2) is 97.2 Å². The van der Waals surface area contributed by atoms with Crippen LogP contribution in [0.3, 0.4) is 0 Å². The van der Waals surface area contributed by atoms with E-state index in [1.54, 1.807) is 0 Å². The first-order valence-electron chi connectivity index (χ1n) is 24.2. The van der Waals surface area contributed by atoms with Crippen molar-refractivity contribution >= 4 is 17.9 Å².